The van der Waals surface area contributed by atoms with Crippen molar-refractivity contribution in [1.29, 1.82) is 0 Å². The molecule has 1 N–H and O–H groups in total. The number of fused-ring (bicyclic) bond motifs is 2. The van der Waals surface area contributed by atoms with E-state index in [-0.39, 0.29) is 12.4 Å². The molecular formula is C28H29Cl2NO3S. The number of carboxylic acids is 1. The number of rotatable bonds is 6. The van der Waals surface area contributed by atoms with Crippen LogP contribution in [0.4, 0.5) is 0 Å². The molecule has 184 valence electrons. The number of aliphatic carboxylic acids is 1. The Morgan fingerprint density at radius 2 is 1.71 bits per heavy atom. The summed E-state index contributed by atoms with van der Waals surface area (Å²) < 4.78 is 5.03. The normalized spacial score (nSPS) is 12.9. The van der Waals surface area contributed by atoms with Crippen LogP contribution < -0.4 is 4.74 Å². The molecule has 4 rings (SSSR count). The number of methoxy groups -OCH3 is 1. The number of nitrogens with zero attached hydrogens (tertiary/aromatic N) is 1. The third kappa shape index (κ3) is 8.18. The average molecular weight is 531 g/mol. The van der Waals surface area contributed by atoms with Crippen molar-refractivity contribution in [3.8, 4) is 5.75 Å². The number of hydrogen-bond acceptors (Lipinski definition) is 4. The second-order valence-electron chi connectivity index (χ2n) is 7.86. The van der Waals surface area contributed by atoms with Crippen molar-refractivity contribution in [3.05, 3.63) is 101 Å². The summed E-state index contributed by atoms with van der Waals surface area (Å²) >= 11 is 8.03. The van der Waals surface area contributed by atoms with Crippen LogP contribution in [0.15, 0.2) is 88.7 Å². The molecule has 0 radical (unpaired) electrons. The Hall–Kier alpha value is -2.70. The maximum atomic E-state index is 10.2. The SMILES string of the molecule is CN(C)CCC=C1c2ccccc2Sc2ccc(Cl)cc21.COc1ccccc1C=CC(=O)O.Cl. The molecule has 3 aromatic carbocycles. The van der Waals surface area contributed by atoms with E-state index in [2.05, 4.69) is 61.5 Å². The third-order valence-electron chi connectivity index (χ3n) is 5.10. The first-order chi connectivity index (χ1) is 16.4. The highest BCUT2D eigenvalue weighted by atomic mass is 35.5. The van der Waals surface area contributed by atoms with Crippen LogP contribution in [0.25, 0.3) is 11.6 Å². The van der Waals surface area contributed by atoms with Crippen molar-refractivity contribution in [2.24, 2.45) is 0 Å². The monoisotopic (exact) mass is 529 g/mol. The van der Waals surface area contributed by atoms with Gasteiger partial charge in [0.15, 0.2) is 0 Å². The molecule has 0 spiro atoms. The van der Waals surface area contributed by atoms with Crippen LogP contribution in [0.5, 0.6) is 5.75 Å². The van der Waals surface area contributed by atoms with Crippen LogP contribution in [0.3, 0.4) is 0 Å². The molecule has 7 heteroatoms. The third-order valence-corrected chi connectivity index (χ3v) is 6.49. The van der Waals surface area contributed by atoms with Crippen molar-refractivity contribution >= 4 is 53.4 Å². The zero-order chi connectivity index (χ0) is 24.5. The highest BCUT2D eigenvalue weighted by Gasteiger charge is 2.20. The van der Waals surface area contributed by atoms with Crippen LogP contribution in [0.1, 0.15) is 23.1 Å². The topological polar surface area (TPSA) is 49.8 Å². The van der Waals surface area contributed by atoms with Crippen LogP contribution in [0, 0.1) is 0 Å². The lowest BCUT2D eigenvalue weighted by atomic mass is 9.96. The predicted octanol–water partition coefficient (Wildman–Crippen LogP) is 7.40. The number of hydrogen-bond donors (Lipinski definition) is 1. The summed E-state index contributed by atoms with van der Waals surface area (Å²) in [7, 11) is 5.76. The largest absolute Gasteiger partial charge is 0.496 e. The fourth-order valence-electron chi connectivity index (χ4n) is 3.50. The van der Waals surface area contributed by atoms with Gasteiger partial charge in [0.2, 0.25) is 0 Å². The Bertz CT molecular complexity index is 1210. The van der Waals surface area contributed by atoms with E-state index < -0.39 is 5.97 Å². The van der Waals surface area contributed by atoms with Crippen molar-refractivity contribution < 1.29 is 14.6 Å². The first-order valence-electron chi connectivity index (χ1n) is 10.8. The molecule has 35 heavy (non-hydrogen) atoms. The molecule has 0 saturated heterocycles. The molecule has 0 aliphatic carbocycles. The van der Waals surface area contributed by atoms with Crippen LogP contribution in [-0.2, 0) is 4.79 Å². The standard InChI is InChI=1S/C18H18ClNS.C10H10O3.ClH/c1-20(2)11-5-7-14-15-6-3-4-8-17(15)21-18-10-9-13(19)12-16(14)18;1-13-9-5-3-2-4-8(9)6-7-10(11)12;/h3-4,6-10,12H,5,11H2,1-2H3;2-7H,1H3,(H,11,12);1H. The maximum Gasteiger partial charge on any atom is 0.328 e. The molecule has 0 aromatic heterocycles. The van der Waals surface area contributed by atoms with E-state index in [0.717, 1.165) is 29.6 Å². The fraction of sp³-hybridized carbons (Fsp3) is 0.179. The lowest BCUT2D eigenvalue weighted by molar-refractivity contribution is -0.131. The summed E-state index contributed by atoms with van der Waals surface area (Å²) in [6, 6.07) is 22.0. The first kappa shape index (κ1) is 28.5. The number of ether oxygens (including phenoxy) is 1. The quantitative estimate of drug-likeness (QED) is 0.263. The first-order valence-corrected chi connectivity index (χ1v) is 12.0. The minimum absolute atomic E-state index is 0. The smallest absolute Gasteiger partial charge is 0.328 e. The van der Waals surface area contributed by atoms with E-state index >= 15 is 0 Å². The van der Waals surface area contributed by atoms with Gasteiger partial charge in [-0.05, 0) is 73.6 Å². The van der Waals surface area contributed by atoms with Crippen LogP contribution in [-0.4, -0.2) is 43.7 Å². The molecule has 1 aliphatic rings. The molecule has 1 heterocycles. The van der Waals surface area contributed by atoms with Crippen LogP contribution in [0.2, 0.25) is 5.02 Å². The van der Waals surface area contributed by atoms with Gasteiger partial charge in [-0.2, -0.15) is 0 Å². The van der Waals surface area contributed by atoms with E-state index in [4.69, 9.17) is 21.4 Å². The van der Waals surface area contributed by atoms with E-state index in [1.165, 1.54) is 32.6 Å². The van der Waals surface area contributed by atoms with E-state index in [9.17, 15) is 4.79 Å². The van der Waals surface area contributed by atoms with Gasteiger partial charge in [-0.15, -0.1) is 12.4 Å². The second-order valence-corrected chi connectivity index (χ2v) is 9.38. The lowest BCUT2D eigenvalue weighted by Crippen LogP contribution is -2.12. The highest BCUT2D eigenvalue weighted by Crippen LogP contribution is 2.46. The van der Waals surface area contributed by atoms with Crippen LogP contribution >= 0.6 is 35.8 Å². The van der Waals surface area contributed by atoms with Gasteiger partial charge in [0.05, 0.1) is 7.11 Å². The predicted molar refractivity (Wildman–Crippen MR) is 149 cm³/mol. The maximum absolute atomic E-state index is 10.2. The molecular weight excluding hydrogens is 501 g/mol. The van der Waals surface area contributed by atoms with Gasteiger partial charge in [0.1, 0.15) is 5.75 Å². The number of halogens is 2. The summed E-state index contributed by atoms with van der Waals surface area (Å²) in [5, 5.41) is 9.21. The molecule has 0 bridgehead atoms. The van der Waals surface area contributed by atoms with Gasteiger partial charge in [0, 0.05) is 33.0 Å². The molecule has 0 atom stereocenters. The second kappa shape index (κ2) is 14.0. The molecule has 0 fully saturated rings. The molecule has 0 amide bonds. The Morgan fingerprint density at radius 3 is 2.43 bits per heavy atom. The summed E-state index contributed by atoms with van der Waals surface area (Å²) in [5.74, 6) is -0.300. The van der Waals surface area contributed by atoms with E-state index in [1.54, 1.807) is 19.2 Å². The minimum Gasteiger partial charge on any atom is -0.496 e. The molecule has 1 aliphatic heterocycles. The van der Waals surface area contributed by atoms with Gasteiger partial charge in [0.25, 0.3) is 0 Å². The van der Waals surface area contributed by atoms with Gasteiger partial charge < -0.3 is 14.7 Å². The minimum atomic E-state index is -0.967. The molecule has 0 unspecified atom stereocenters. The Labute approximate surface area is 222 Å². The summed E-state index contributed by atoms with van der Waals surface area (Å²) in [4.78, 5) is 15.1. The van der Waals surface area contributed by atoms with Gasteiger partial charge in [-0.25, -0.2) is 4.79 Å². The average Bonchev–Trinajstić information content (AvgIpc) is 2.83. The highest BCUT2D eigenvalue weighted by molar-refractivity contribution is 7.99. The van der Waals surface area contributed by atoms with Gasteiger partial charge in [-0.3, -0.25) is 0 Å². The van der Waals surface area contributed by atoms with Crippen molar-refractivity contribution in [1.82, 2.24) is 4.90 Å². The van der Waals surface area contributed by atoms with Crippen molar-refractivity contribution in [2.45, 2.75) is 16.2 Å². The van der Waals surface area contributed by atoms with Gasteiger partial charge in [-0.1, -0.05) is 65.8 Å². The van der Waals surface area contributed by atoms with Gasteiger partial charge >= 0.3 is 5.97 Å². The molecule has 0 saturated carbocycles. The number of carboxylic acid groups (broad SMARTS) is 1. The summed E-state index contributed by atoms with van der Waals surface area (Å²) in [6.45, 7) is 1.05. The van der Waals surface area contributed by atoms with E-state index in [1.807, 2.05) is 30.0 Å². The Morgan fingerprint density at radius 1 is 1.03 bits per heavy atom. The summed E-state index contributed by atoms with van der Waals surface area (Å²) in [6.07, 6.45) is 5.96. The van der Waals surface area contributed by atoms with E-state index in [0.29, 0.717) is 5.75 Å². The molecule has 3 aromatic rings. The lowest BCUT2D eigenvalue weighted by Gasteiger charge is -2.22. The van der Waals surface area contributed by atoms with Crippen molar-refractivity contribution in [2.75, 3.05) is 27.7 Å². The fourth-order valence-corrected chi connectivity index (χ4v) is 4.75. The van der Waals surface area contributed by atoms with Crippen molar-refractivity contribution in [3.63, 3.8) is 0 Å². The number of carbonyl (C=O) groups is 1. The number of para-hydroxylation sites is 1. The summed E-state index contributed by atoms with van der Waals surface area (Å²) in [5.41, 5.74) is 4.64. The molecule has 4 nitrogen and oxygen atoms in total. The zero-order valence-corrected chi connectivity index (χ0v) is 22.3. The Balaban J connectivity index is 0.000000268. The number of benzene rings is 3. The zero-order valence-electron chi connectivity index (χ0n) is 19.9. The Kier molecular flexibility index (Phi) is 11.4.